The molecule has 0 aromatic heterocycles. The van der Waals surface area contributed by atoms with Gasteiger partial charge < -0.3 is 10.5 Å². The van der Waals surface area contributed by atoms with Gasteiger partial charge in [-0.1, -0.05) is 0 Å². The summed E-state index contributed by atoms with van der Waals surface area (Å²) in [5.41, 5.74) is 5.55. The van der Waals surface area contributed by atoms with E-state index in [1.54, 1.807) is 0 Å². The summed E-state index contributed by atoms with van der Waals surface area (Å²) in [6, 6.07) is 2.61. The van der Waals surface area contributed by atoms with Crippen LogP contribution in [0.1, 0.15) is 18.5 Å². The third-order valence-corrected chi connectivity index (χ3v) is 1.82. The van der Waals surface area contributed by atoms with Crippen LogP contribution in [0, 0.1) is 4.91 Å². The fourth-order valence-electron chi connectivity index (χ4n) is 1.17. The van der Waals surface area contributed by atoms with Crippen molar-refractivity contribution in [1.82, 2.24) is 0 Å². The number of halogens is 3. The maximum Gasteiger partial charge on any atom is 0.573 e. The van der Waals surface area contributed by atoms with E-state index in [1.807, 2.05) is 0 Å². The lowest BCUT2D eigenvalue weighted by Gasteiger charge is -2.15. The molecule has 0 aliphatic rings. The quantitative estimate of drug-likeness (QED) is 0.817. The van der Waals surface area contributed by atoms with Crippen LogP contribution in [0.3, 0.4) is 0 Å². The third kappa shape index (κ3) is 3.20. The zero-order valence-electron chi connectivity index (χ0n) is 8.28. The molecule has 1 rings (SSSR count). The smallest absolute Gasteiger partial charge is 0.405 e. The monoisotopic (exact) mass is 234 g/mol. The second kappa shape index (κ2) is 4.48. The standard InChI is InChI=1S/C9H9F3N2O2/c1-5(13)7-4-6(14-15)2-3-8(7)16-9(10,11)12/h2-5H,13H2,1H3/t5-/m1/s1. The van der Waals surface area contributed by atoms with Crippen molar-refractivity contribution in [2.24, 2.45) is 10.9 Å². The summed E-state index contributed by atoms with van der Waals surface area (Å²) in [7, 11) is 0. The van der Waals surface area contributed by atoms with E-state index >= 15 is 0 Å². The molecule has 1 atom stereocenters. The first-order valence-electron chi connectivity index (χ1n) is 4.32. The van der Waals surface area contributed by atoms with Gasteiger partial charge in [0.1, 0.15) is 11.4 Å². The summed E-state index contributed by atoms with van der Waals surface area (Å²) in [4.78, 5) is 10.2. The maximum atomic E-state index is 12.0. The van der Waals surface area contributed by atoms with Crippen LogP contribution in [0.15, 0.2) is 23.4 Å². The molecule has 1 aromatic rings. The van der Waals surface area contributed by atoms with Gasteiger partial charge in [-0.15, -0.1) is 18.1 Å². The Morgan fingerprint density at radius 3 is 2.50 bits per heavy atom. The number of hydrogen-bond donors (Lipinski definition) is 1. The Hall–Kier alpha value is -1.63. The highest BCUT2D eigenvalue weighted by Gasteiger charge is 2.32. The van der Waals surface area contributed by atoms with Crippen LogP contribution in [0.5, 0.6) is 5.75 Å². The minimum absolute atomic E-state index is 0.00169. The fraction of sp³-hybridized carbons (Fsp3) is 0.333. The molecule has 0 fully saturated rings. The van der Waals surface area contributed by atoms with Gasteiger partial charge in [-0.3, -0.25) is 0 Å². The van der Waals surface area contributed by atoms with Crippen LogP contribution < -0.4 is 10.5 Å². The van der Waals surface area contributed by atoms with Crippen molar-refractivity contribution in [3.05, 3.63) is 28.7 Å². The van der Waals surface area contributed by atoms with Gasteiger partial charge >= 0.3 is 6.36 Å². The summed E-state index contributed by atoms with van der Waals surface area (Å²) in [5, 5.41) is 2.61. The second-order valence-electron chi connectivity index (χ2n) is 3.15. The summed E-state index contributed by atoms with van der Waals surface area (Å²) in [6.45, 7) is 1.48. The Morgan fingerprint density at radius 2 is 2.06 bits per heavy atom. The van der Waals surface area contributed by atoms with E-state index in [4.69, 9.17) is 5.73 Å². The molecule has 0 amide bonds. The number of rotatable bonds is 3. The topological polar surface area (TPSA) is 64.7 Å². The Kier molecular flexibility index (Phi) is 3.48. The van der Waals surface area contributed by atoms with E-state index in [0.29, 0.717) is 0 Å². The number of nitrogens with two attached hydrogens (primary N) is 1. The van der Waals surface area contributed by atoms with Crippen molar-refractivity contribution in [3.63, 3.8) is 0 Å². The Bertz CT molecular complexity index is 391. The largest absolute Gasteiger partial charge is 0.573 e. The van der Waals surface area contributed by atoms with Crippen molar-refractivity contribution in [3.8, 4) is 5.75 Å². The molecular formula is C9H9F3N2O2. The molecule has 0 saturated carbocycles. The van der Waals surface area contributed by atoms with Crippen LogP contribution in [-0.4, -0.2) is 6.36 Å². The van der Waals surface area contributed by atoms with Crippen molar-refractivity contribution >= 4 is 5.69 Å². The average Bonchev–Trinajstić information content (AvgIpc) is 2.15. The number of alkyl halides is 3. The van der Waals surface area contributed by atoms with Gasteiger partial charge in [0.15, 0.2) is 0 Å². The van der Waals surface area contributed by atoms with Crippen molar-refractivity contribution in [2.75, 3.05) is 0 Å². The lowest BCUT2D eigenvalue weighted by atomic mass is 10.1. The highest BCUT2D eigenvalue weighted by molar-refractivity contribution is 5.48. The Morgan fingerprint density at radius 1 is 1.44 bits per heavy atom. The van der Waals surface area contributed by atoms with Gasteiger partial charge in [0.2, 0.25) is 0 Å². The van der Waals surface area contributed by atoms with Crippen LogP contribution in [0.25, 0.3) is 0 Å². The van der Waals surface area contributed by atoms with Crippen LogP contribution in [0.2, 0.25) is 0 Å². The highest BCUT2D eigenvalue weighted by Crippen LogP contribution is 2.32. The molecule has 0 saturated heterocycles. The predicted octanol–water partition coefficient (Wildman–Crippen LogP) is 3.00. The average molecular weight is 234 g/mol. The lowest BCUT2D eigenvalue weighted by molar-refractivity contribution is -0.274. The summed E-state index contributed by atoms with van der Waals surface area (Å²) < 4.78 is 39.8. The normalized spacial score (nSPS) is 13.3. The van der Waals surface area contributed by atoms with E-state index in [1.165, 1.54) is 13.0 Å². The second-order valence-corrected chi connectivity index (χ2v) is 3.15. The number of nitrogens with zero attached hydrogens (tertiary/aromatic N) is 1. The molecule has 0 aliphatic heterocycles. The molecule has 0 aliphatic carbocycles. The third-order valence-electron chi connectivity index (χ3n) is 1.82. The molecular weight excluding hydrogens is 225 g/mol. The zero-order valence-corrected chi connectivity index (χ0v) is 8.28. The molecule has 0 bridgehead atoms. The molecule has 0 heterocycles. The predicted molar refractivity (Wildman–Crippen MR) is 51.2 cm³/mol. The number of ether oxygens (including phenoxy) is 1. The highest BCUT2D eigenvalue weighted by atomic mass is 19.4. The van der Waals surface area contributed by atoms with E-state index in [2.05, 4.69) is 9.91 Å². The number of benzene rings is 1. The van der Waals surface area contributed by atoms with Crippen molar-refractivity contribution in [2.45, 2.75) is 19.3 Å². The SMILES string of the molecule is C[C@@H](N)c1cc(N=O)ccc1OC(F)(F)F. The Labute approximate surface area is 89.2 Å². The minimum Gasteiger partial charge on any atom is -0.405 e. The van der Waals surface area contributed by atoms with Crippen molar-refractivity contribution in [1.29, 1.82) is 0 Å². The lowest BCUT2D eigenvalue weighted by Crippen LogP contribution is -2.19. The molecule has 2 N–H and O–H groups in total. The molecule has 0 unspecified atom stereocenters. The molecule has 88 valence electrons. The first kappa shape index (κ1) is 12.4. The zero-order chi connectivity index (χ0) is 12.3. The van der Waals surface area contributed by atoms with E-state index in [-0.39, 0.29) is 11.3 Å². The van der Waals surface area contributed by atoms with Gasteiger partial charge in [0.25, 0.3) is 0 Å². The van der Waals surface area contributed by atoms with Gasteiger partial charge in [0.05, 0.1) is 0 Å². The number of nitroso groups, excluding NO2 is 1. The van der Waals surface area contributed by atoms with Crippen LogP contribution in [-0.2, 0) is 0 Å². The van der Waals surface area contributed by atoms with E-state index in [0.717, 1.165) is 12.1 Å². The van der Waals surface area contributed by atoms with Crippen LogP contribution in [0.4, 0.5) is 18.9 Å². The fourth-order valence-corrected chi connectivity index (χ4v) is 1.17. The molecule has 4 nitrogen and oxygen atoms in total. The summed E-state index contributed by atoms with van der Waals surface area (Å²) >= 11 is 0. The molecule has 7 heteroatoms. The van der Waals surface area contributed by atoms with Gasteiger partial charge in [-0.25, -0.2) is 0 Å². The first-order valence-corrected chi connectivity index (χ1v) is 4.32. The first-order chi connectivity index (χ1) is 7.33. The summed E-state index contributed by atoms with van der Waals surface area (Å²) in [5.74, 6) is -0.421. The van der Waals surface area contributed by atoms with Gasteiger partial charge in [-0.05, 0) is 30.3 Å². The minimum atomic E-state index is -4.79. The maximum absolute atomic E-state index is 12.0. The van der Waals surface area contributed by atoms with Crippen LogP contribution >= 0.6 is 0 Å². The Balaban J connectivity index is 3.13. The summed E-state index contributed by atoms with van der Waals surface area (Å²) in [6.07, 6.45) is -4.79. The number of hydrogen-bond acceptors (Lipinski definition) is 4. The van der Waals surface area contributed by atoms with Gasteiger partial charge in [0, 0.05) is 11.6 Å². The molecule has 16 heavy (non-hydrogen) atoms. The molecule has 1 aromatic carbocycles. The van der Waals surface area contributed by atoms with Crippen molar-refractivity contribution < 1.29 is 17.9 Å². The molecule has 0 radical (unpaired) electrons. The van der Waals surface area contributed by atoms with E-state index < -0.39 is 18.2 Å². The van der Waals surface area contributed by atoms with E-state index in [9.17, 15) is 18.1 Å². The molecule has 0 spiro atoms. The van der Waals surface area contributed by atoms with Gasteiger partial charge in [-0.2, -0.15) is 0 Å².